The molecule has 1 atom stereocenters. The molecule has 0 aliphatic carbocycles. The number of hydrogen-bond acceptors (Lipinski definition) is 4. The molecule has 0 aliphatic heterocycles. The monoisotopic (exact) mass is 360 g/mol. The van der Waals surface area contributed by atoms with Crippen LogP contribution >= 0.6 is 11.6 Å². The number of esters is 1. The second kappa shape index (κ2) is 8.12. The summed E-state index contributed by atoms with van der Waals surface area (Å²) in [6, 6.07) is 11.3. The highest BCUT2D eigenvalue weighted by atomic mass is 35.5. The van der Waals surface area contributed by atoms with E-state index in [0.29, 0.717) is 11.3 Å². The van der Waals surface area contributed by atoms with Gasteiger partial charge in [-0.3, -0.25) is 4.79 Å². The second-order valence-electron chi connectivity index (χ2n) is 5.91. The summed E-state index contributed by atoms with van der Waals surface area (Å²) in [6.07, 6.45) is 0. The van der Waals surface area contributed by atoms with Gasteiger partial charge < -0.3 is 9.64 Å². The lowest BCUT2D eigenvalue weighted by atomic mass is 10.1. The smallest absolute Gasteiger partial charge is 0.342 e. The van der Waals surface area contributed by atoms with Crippen LogP contribution in [0.1, 0.15) is 40.1 Å². The number of ether oxygens (including phenoxy) is 1. The van der Waals surface area contributed by atoms with E-state index >= 15 is 0 Å². The van der Waals surface area contributed by atoms with E-state index in [1.165, 1.54) is 0 Å². The first-order valence-corrected chi connectivity index (χ1v) is 8.30. The van der Waals surface area contributed by atoms with Crippen molar-refractivity contribution in [1.29, 1.82) is 0 Å². The van der Waals surface area contributed by atoms with Crippen LogP contribution < -0.4 is 0 Å². The van der Waals surface area contributed by atoms with Gasteiger partial charge in [0.1, 0.15) is 5.15 Å². The van der Waals surface area contributed by atoms with Gasteiger partial charge in [0.15, 0.2) is 6.61 Å². The maximum absolute atomic E-state index is 12.3. The fourth-order valence-electron chi connectivity index (χ4n) is 2.51. The highest BCUT2D eigenvalue weighted by molar-refractivity contribution is 6.32. The van der Waals surface area contributed by atoms with Crippen LogP contribution in [0.3, 0.4) is 0 Å². The molecular weight excluding hydrogens is 340 g/mol. The number of carbonyl (C=O) groups excluding carboxylic acids is 2. The van der Waals surface area contributed by atoms with Crippen molar-refractivity contribution in [3.8, 4) is 0 Å². The van der Waals surface area contributed by atoms with Crippen LogP contribution in [0.4, 0.5) is 0 Å². The van der Waals surface area contributed by atoms with E-state index < -0.39 is 5.97 Å². The molecule has 6 heteroatoms. The van der Waals surface area contributed by atoms with Crippen LogP contribution in [0.5, 0.6) is 0 Å². The predicted octanol–water partition coefficient (Wildman–Crippen LogP) is 3.73. The Morgan fingerprint density at radius 2 is 1.88 bits per heavy atom. The summed E-state index contributed by atoms with van der Waals surface area (Å²) in [6.45, 7) is 5.11. The number of aryl methyl sites for hydroxylation is 2. The molecule has 0 unspecified atom stereocenters. The second-order valence-corrected chi connectivity index (χ2v) is 6.27. The molecule has 0 aliphatic rings. The summed E-state index contributed by atoms with van der Waals surface area (Å²) in [5.41, 5.74) is 2.58. The van der Waals surface area contributed by atoms with Gasteiger partial charge in [0.25, 0.3) is 5.91 Å². The minimum atomic E-state index is -0.649. The fraction of sp³-hybridized carbons (Fsp3) is 0.316. The first-order valence-electron chi connectivity index (χ1n) is 7.92. The van der Waals surface area contributed by atoms with Crippen LogP contribution in [0.25, 0.3) is 0 Å². The topological polar surface area (TPSA) is 59.5 Å². The van der Waals surface area contributed by atoms with Crippen LogP contribution in [0.2, 0.25) is 5.15 Å². The van der Waals surface area contributed by atoms with Crippen LogP contribution in [-0.4, -0.2) is 35.4 Å². The maximum atomic E-state index is 12.3. The average Bonchev–Trinajstić information content (AvgIpc) is 2.58. The van der Waals surface area contributed by atoms with Gasteiger partial charge in [0.2, 0.25) is 0 Å². The zero-order chi connectivity index (χ0) is 18.6. The van der Waals surface area contributed by atoms with Gasteiger partial charge in [-0.15, -0.1) is 0 Å². The van der Waals surface area contributed by atoms with Crippen LogP contribution in [0, 0.1) is 13.8 Å². The summed E-state index contributed by atoms with van der Waals surface area (Å²) in [4.78, 5) is 30.2. The maximum Gasteiger partial charge on any atom is 0.342 e. The van der Waals surface area contributed by atoms with Crippen molar-refractivity contribution in [3.63, 3.8) is 0 Å². The van der Waals surface area contributed by atoms with Gasteiger partial charge >= 0.3 is 5.97 Å². The molecule has 1 heterocycles. The molecule has 132 valence electrons. The van der Waals surface area contributed by atoms with Crippen molar-refractivity contribution in [2.45, 2.75) is 26.8 Å². The van der Waals surface area contributed by atoms with Crippen LogP contribution in [-0.2, 0) is 9.53 Å². The third kappa shape index (κ3) is 4.57. The van der Waals surface area contributed by atoms with E-state index in [1.54, 1.807) is 31.9 Å². The predicted molar refractivity (Wildman–Crippen MR) is 96.6 cm³/mol. The standard InChI is InChI=1S/C19H21ClN2O3/c1-12-10-13(2)21-18(20)17(12)19(24)25-11-16(23)22(4)14(3)15-8-6-5-7-9-15/h5-10,14H,11H2,1-4H3/t14-/m0/s1. The Bertz CT molecular complexity index is 754. The zero-order valence-corrected chi connectivity index (χ0v) is 15.5. The van der Waals surface area contributed by atoms with Crippen molar-refractivity contribution in [2.75, 3.05) is 13.7 Å². The number of halogens is 1. The van der Waals surface area contributed by atoms with E-state index in [-0.39, 0.29) is 29.3 Å². The van der Waals surface area contributed by atoms with E-state index in [2.05, 4.69) is 4.98 Å². The van der Waals surface area contributed by atoms with Gasteiger partial charge in [-0.25, -0.2) is 9.78 Å². The Morgan fingerprint density at radius 1 is 1.24 bits per heavy atom. The van der Waals surface area contributed by atoms with Crippen molar-refractivity contribution in [2.24, 2.45) is 0 Å². The first-order chi connectivity index (χ1) is 11.8. The molecule has 0 radical (unpaired) electrons. The third-order valence-electron chi connectivity index (χ3n) is 4.09. The molecule has 1 aromatic carbocycles. The highest BCUT2D eigenvalue weighted by Gasteiger charge is 2.21. The molecule has 0 saturated heterocycles. The summed E-state index contributed by atoms with van der Waals surface area (Å²) >= 11 is 6.03. The zero-order valence-electron chi connectivity index (χ0n) is 14.7. The molecular formula is C19H21ClN2O3. The molecule has 0 N–H and O–H groups in total. The molecule has 0 fully saturated rings. The van der Waals surface area contributed by atoms with Crippen molar-refractivity contribution < 1.29 is 14.3 Å². The Kier molecular flexibility index (Phi) is 6.15. The van der Waals surface area contributed by atoms with Gasteiger partial charge in [-0.2, -0.15) is 0 Å². The quantitative estimate of drug-likeness (QED) is 0.602. The summed E-state index contributed by atoms with van der Waals surface area (Å²) in [5.74, 6) is -0.942. The molecule has 1 amide bonds. The number of aromatic nitrogens is 1. The molecule has 2 rings (SSSR count). The largest absolute Gasteiger partial charge is 0.452 e. The summed E-state index contributed by atoms with van der Waals surface area (Å²) < 4.78 is 5.14. The normalized spacial score (nSPS) is 11.7. The van der Waals surface area contributed by atoms with Crippen molar-refractivity contribution in [3.05, 3.63) is 63.9 Å². The number of likely N-dealkylation sites (N-methyl/N-ethyl adjacent to an activating group) is 1. The van der Waals surface area contributed by atoms with Gasteiger partial charge in [0, 0.05) is 12.7 Å². The Balaban J connectivity index is 2.01. The van der Waals surface area contributed by atoms with E-state index in [1.807, 2.05) is 37.3 Å². The lowest BCUT2D eigenvalue weighted by Gasteiger charge is -2.25. The lowest BCUT2D eigenvalue weighted by Crippen LogP contribution is -2.33. The number of benzene rings is 1. The number of carbonyl (C=O) groups is 2. The van der Waals surface area contributed by atoms with Gasteiger partial charge in [-0.1, -0.05) is 41.9 Å². The third-order valence-corrected chi connectivity index (χ3v) is 4.36. The first kappa shape index (κ1) is 18.9. The molecule has 0 saturated carbocycles. The molecule has 25 heavy (non-hydrogen) atoms. The number of hydrogen-bond donors (Lipinski definition) is 0. The SMILES string of the molecule is Cc1cc(C)c(C(=O)OCC(=O)N(C)[C@@H](C)c2ccccc2)c(Cl)n1. The van der Waals surface area contributed by atoms with Gasteiger partial charge in [-0.05, 0) is 38.0 Å². The molecule has 0 bridgehead atoms. The molecule has 1 aromatic heterocycles. The average molecular weight is 361 g/mol. The number of rotatable bonds is 5. The number of pyridine rings is 1. The molecule has 5 nitrogen and oxygen atoms in total. The molecule has 2 aromatic rings. The Morgan fingerprint density at radius 3 is 2.48 bits per heavy atom. The molecule has 0 spiro atoms. The summed E-state index contributed by atoms with van der Waals surface area (Å²) in [7, 11) is 1.68. The minimum absolute atomic E-state index is 0.0842. The van der Waals surface area contributed by atoms with Crippen molar-refractivity contribution >= 4 is 23.5 Å². The van der Waals surface area contributed by atoms with E-state index in [0.717, 1.165) is 5.56 Å². The lowest BCUT2D eigenvalue weighted by molar-refractivity contribution is -0.135. The summed E-state index contributed by atoms with van der Waals surface area (Å²) in [5, 5.41) is 0.0842. The minimum Gasteiger partial charge on any atom is -0.452 e. The Hall–Kier alpha value is -2.40. The van der Waals surface area contributed by atoms with Crippen molar-refractivity contribution in [1.82, 2.24) is 9.88 Å². The number of nitrogens with zero attached hydrogens (tertiary/aromatic N) is 2. The van der Waals surface area contributed by atoms with Gasteiger partial charge in [0.05, 0.1) is 11.6 Å². The Labute approximate surface area is 152 Å². The number of amides is 1. The fourth-order valence-corrected chi connectivity index (χ4v) is 2.87. The van der Waals surface area contributed by atoms with E-state index in [4.69, 9.17) is 16.3 Å². The highest BCUT2D eigenvalue weighted by Crippen LogP contribution is 2.21. The van der Waals surface area contributed by atoms with E-state index in [9.17, 15) is 9.59 Å². The van der Waals surface area contributed by atoms with Crippen LogP contribution in [0.15, 0.2) is 36.4 Å².